The van der Waals surface area contributed by atoms with E-state index < -0.39 is 9.84 Å². The van der Waals surface area contributed by atoms with Crippen molar-refractivity contribution in [3.63, 3.8) is 0 Å². The molecule has 1 unspecified atom stereocenters. The summed E-state index contributed by atoms with van der Waals surface area (Å²) in [6.45, 7) is 5.47. The molecule has 0 aliphatic carbocycles. The van der Waals surface area contributed by atoms with E-state index in [1.165, 1.54) is 6.07 Å². The summed E-state index contributed by atoms with van der Waals surface area (Å²) >= 11 is 0. The molecule has 0 aromatic heterocycles. The molecule has 0 radical (unpaired) electrons. The molecule has 5 heteroatoms. The molecule has 1 atom stereocenters. The molecule has 18 heavy (non-hydrogen) atoms. The van der Waals surface area contributed by atoms with E-state index in [4.69, 9.17) is 0 Å². The highest BCUT2D eigenvalue weighted by Gasteiger charge is 2.16. The van der Waals surface area contributed by atoms with Crippen molar-refractivity contribution in [3.05, 3.63) is 35.6 Å². The largest absolute Gasteiger partial charge is 0.309 e. The molecule has 1 aromatic carbocycles. The summed E-state index contributed by atoms with van der Waals surface area (Å²) in [5.41, 5.74) is 0.555. The molecule has 0 aliphatic rings. The lowest BCUT2D eigenvalue weighted by atomic mass is 10.1. The van der Waals surface area contributed by atoms with Crippen LogP contribution in [-0.2, 0) is 9.84 Å². The minimum absolute atomic E-state index is 0.0729. The second-order valence-electron chi connectivity index (χ2n) is 4.61. The van der Waals surface area contributed by atoms with Crippen molar-refractivity contribution >= 4 is 9.84 Å². The first-order valence-corrected chi connectivity index (χ1v) is 7.75. The van der Waals surface area contributed by atoms with Gasteiger partial charge in [0, 0.05) is 18.2 Å². The van der Waals surface area contributed by atoms with Crippen LogP contribution in [-0.4, -0.2) is 26.0 Å². The van der Waals surface area contributed by atoms with Crippen molar-refractivity contribution in [2.24, 2.45) is 0 Å². The molecule has 0 saturated heterocycles. The normalized spacial score (nSPS) is 13.8. The number of hydrogen-bond acceptors (Lipinski definition) is 3. The number of sulfone groups is 1. The first kappa shape index (κ1) is 15.1. The molecular weight excluding hydrogens is 253 g/mol. The van der Waals surface area contributed by atoms with E-state index in [0.717, 1.165) is 0 Å². The SMILES string of the molecule is CC(NCCS(=O)(=O)C(C)C)c1ccccc1F. The van der Waals surface area contributed by atoms with Gasteiger partial charge in [0.2, 0.25) is 0 Å². The van der Waals surface area contributed by atoms with Gasteiger partial charge in [-0.2, -0.15) is 0 Å². The van der Waals surface area contributed by atoms with Crippen LogP contribution in [0.3, 0.4) is 0 Å². The lowest BCUT2D eigenvalue weighted by Crippen LogP contribution is -2.29. The fourth-order valence-corrected chi connectivity index (χ4v) is 2.46. The molecule has 1 N–H and O–H groups in total. The summed E-state index contributed by atoms with van der Waals surface area (Å²) < 4.78 is 36.7. The summed E-state index contributed by atoms with van der Waals surface area (Å²) in [5, 5.41) is 2.66. The van der Waals surface area contributed by atoms with Crippen molar-refractivity contribution in [2.75, 3.05) is 12.3 Å². The highest BCUT2D eigenvalue weighted by Crippen LogP contribution is 2.15. The number of hydrogen-bond donors (Lipinski definition) is 1. The van der Waals surface area contributed by atoms with Gasteiger partial charge < -0.3 is 5.32 Å². The second-order valence-corrected chi connectivity index (χ2v) is 7.29. The zero-order valence-corrected chi connectivity index (χ0v) is 11.8. The van der Waals surface area contributed by atoms with Crippen LogP contribution in [0.25, 0.3) is 0 Å². The van der Waals surface area contributed by atoms with Crippen LogP contribution in [0.15, 0.2) is 24.3 Å². The van der Waals surface area contributed by atoms with Gasteiger partial charge in [-0.3, -0.25) is 0 Å². The smallest absolute Gasteiger partial charge is 0.153 e. The van der Waals surface area contributed by atoms with Crippen LogP contribution in [0.5, 0.6) is 0 Å². The molecule has 1 aromatic rings. The standard InChI is InChI=1S/C13H20FNO2S/c1-10(2)18(16,17)9-8-15-11(3)12-6-4-5-7-13(12)14/h4-7,10-11,15H,8-9H2,1-3H3. The topological polar surface area (TPSA) is 46.2 Å². The predicted molar refractivity (Wildman–Crippen MR) is 71.7 cm³/mol. The number of rotatable bonds is 6. The van der Waals surface area contributed by atoms with E-state index in [1.807, 2.05) is 6.92 Å². The molecular formula is C13H20FNO2S. The van der Waals surface area contributed by atoms with Crippen LogP contribution >= 0.6 is 0 Å². The highest BCUT2D eigenvalue weighted by molar-refractivity contribution is 7.92. The van der Waals surface area contributed by atoms with Crippen molar-refractivity contribution in [1.29, 1.82) is 0 Å². The summed E-state index contributed by atoms with van der Waals surface area (Å²) in [5.74, 6) is -0.201. The number of nitrogens with one attached hydrogen (secondary N) is 1. The minimum atomic E-state index is -3.04. The van der Waals surface area contributed by atoms with E-state index in [9.17, 15) is 12.8 Å². The summed E-state index contributed by atoms with van der Waals surface area (Å²) in [4.78, 5) is 0. The average molecular weight is 273 g/mol. The van der Waals surface area contributed by atoms with Gasteiger partial charge in [0.25, 0.3) is 0 Å². The zero-order valence-electron chi connectivity index (χ0n) is 11.0. The molecule has 0 amide bonds. The lowest BCUT2D eigenvalue weighted by Gasteiger charge is -2.15. The molecule has 0 spiro atoms. The first-order chi connectivity index (χ1) is 8.34. The van der Waals surface area contributed by atoms with E-state index >= 15 is 0 Å². The molecule has 0 bridgehead atoms. The predicted octanol–water partition coefficient (Wildman–Crippen LogP) is 2.30. The first-order valence-electron chi connectivity index (χ1n) is 6.04. The Bertz CT molecular complexity index is 486. The van der Waals surface area contributed by atoms with E-state index in [2.05, 4.69) is 5.32 Å². The van der Waals surface area contributed by atoms with Gasteiger partial charge in [-0.15, -0.1) is 0 Å². The summed E-state index contributed by atoms with van der Waals surface area (Å²) in [6.07, 6.45) is 0. The summed E-state index contributed by atoms with van der Waals surface area (Å²) in [7, 11) is -3.04. The molecule has 0 saturated carbocycles. The van der Waals surface area contributed by atoms with Gasteiger partial charge in [0.05, 0.1) is 11.0 Å². The second kappa shape index (κ2) is 6.29. The van der Waals surface area contributed by atoms with Crippen LogP contribution < -0.4 is 5.32 Å². The minimum Gasteiger partial charge on any atom is -0.309 e. The van der Waals surface area contributed by atoms with Crippen molar-refractivity contribution in [3.8, 4) is 0 Å². The maximum atomic E-state index is 13.5. The van der Waals surface area contributed by atoms with E-state index in [-0.39, 0.29) is 22.9 Å². The Kier molecular flexibility index (Phi) is 5.28. The quantitative estimate of drug-likeness (QED) is 0.865. The fourth-order valence-electron chi connectivity index (χ4n) is 1.59. The van der Waals surface area contributed by atoms with Gasteiger partial charge in [0.15, 0.2) is 9.84 Å². The van der Waals surface area contributed by atoms with Gasteiger partial charge >= 0.3 is 0 Å². The maximum absolute atomic E-state index is 13.5. The van der Waals surface area contributed by atoms with Crippen molar-refractivity contribution in [1.82, 2.24) is 5.32 Å². The van der Waals surface area contributed by atoms with Crippen molar-refractivity contribution < 1.29 is 12.8 Å². The Labute approximate surface area is 108 Å². The molecule has 1 rings (SSSR count). The molecule has 3 nitrogen and oxygen atoms in total. The number of benzene rings is 1. The van der Waals surface area contributed by atoms with Gasteiger partial charge in [-0.25, -0.2) is 12.8 Å². The zero-order chi connectivity index (χ0) is 13.8. The Morgan fingerprint density at radius 2 is 1.83 bits per heavy atom. The van der Waals surface area contributed by atoms with Crippen LogP contribution in [0.4, 0.5) is 4.39 Å². The Balaban J connectivity index is 2.53. The summed E-state index contributed by atoms with van der Waals surface area (Å²) in [6, 6.07) is 6.30. The van der Waals surface area contributed by atoms with Crippen LogP contribution in [0.1, 0.15) is 32.4 Å². The van der Waals surface area contributed by atoms with E-state index in [1.54, 1.807) is 32.0 Å². The van der Waals surface area contributed by atoms with Gasteiger partial charge in [0.1, 0.15) is 5.82 Å². The van der Waals surface area contributed by atoms with Gasteiger partial charge in [-0.1, -0.05) is 18.2 Å². The van der Waals surface area contributed by atoms with Crippen LogP contribution in [0, 0.1) is 5.82 Å². The molecule has 0 fully saturated rings. The highest BCUT2D eigenvalue weighted by atomic mass is 32.2. The van der Waals surface area contributed by atoms with Gasteiger partial charge in [-0.05, 0) is 26.8 Å². The Morgan fingerprint density at radius 1 is 1.22 bits per heavy atom. The third kappa shape index (κ3) is 4.07. The molecule has 102 valence electrons. The Morgan fingerprint density at radius 3 is 2.39 bits per heavy atom. The van der Waals surface area contributed by atoms with Crippen molar-refractivity contribution in [2.45, 2.75) is 32.1 Å². The third-order valence-electron chi connectivity index (χ3n) is 2.93. The Hall–Kier alpha value is -0.940. The third-order valence-corrected chi connectivity index (χ3v) is 5.14. The number of halogens is 1. The molecule has 0 aliphatic heterocycles. The fraction of sp³-hybridized carbons (Fsp3) is 0.538. The average Bonchev–Trinajstić information content (AvgIpc) is 2.29. The monoisotopic (exact) mass is 273 g/mol. The van der Waals surface area contributed by atoms with E-state index in [0.29, 0.717) is 12.1 Å². The maximum Gasteiger partial charge on any atom is 0.153 e. The lowest BCUT2D eigenvalue weighted by molar-refractivity contribution is 0.535. The molecule has 0 heterocycles. The van der Waals surface area contributed by atoms with Crippen LogP contribution in [0.2, 0.25) is 0 Å².